The number of anilines is 1. The molecule has 1 aromatic carbocycles. The smallest absolute Gasteiger partial charge is 0.238 e. The molecule has 4 nitrogen and oxygen atoms in total. The highest BCUT2D eigenvalue weighted by molar-refractivity contribution is 9.10. The van der Waals surface area contributed by atoms with E-state index in [-0.39, 0.29) is 5.91 Å². The highest BCUT2D eigenvalue weighted by Gasteiger charge is 2.09. The van der Waals surface area contributed by atoms with Gasteiger partial charge in [-0.25, -0.2) is 0 Å². The van der Waals surface area contributed by atoms with Crippen LogP contribution in [0.25, 0.3) is 0 Å². The van der Waals surface area contributed by atoms with Gasteiger partial charge in [0.05, 0.1) is 6.54 Å². The van der Waals surface area contributed by atoms with Crippen LogP contribution < -0.4 is 10.6 Å². The first-order chi connectivity index (χ1) is 9.74. The van der Waals surface area contributed by atoms with E-state index in [1.165, 1.54) is 32.4 Å². The largest absolute Gasteiger partial charge is 0.325 e. The fourth-order valence-electron chi connectivity index (χ4n) is 2.36. The maximum absolute atomic E-state index is 11.7. The molecule has 2 N–H and O–H groups in total. The minimum Gasteiger partial charge on any atom is -0.325 e. The highest BCUT2D eigenvalue weighted by atomic mass is 79.9. The minimum absolute atomic E-state index is 0.00552. The molecule has 5 heteroatoms. The number of hydrogen-bond donors (Lipinski definition) is 2. The molecule has 0 saturated carbocycles. The van der Waals surface area contributed by atoms with E-state index in [1.54, 1.807) is 0 Å². The summed E-state index contributed by atoms with van der Waals surface area (Å²) in [7, 11) is 0. The lowest BCUT2D eigenvalue weighted by atomic mass is 10.1. The van der Waals surface area contributed by atoms with Gasteiger partial charge in [0.25, 0.3) is 0 Å². The number of hydrogen-bond acceptors (Lipinski definition) is 3. The first-order valence-electron chi connectivity index (χ1n) is 7.22. The Morgan fingerprint density at radius 3 is 2.55 bits per heavy atom. The number of rotatable bonds is 6. The van der Waals surface area contributed by atoms with Crippen molar-refractivity contribution in [1.29, 1.82) is 0 Å². The fraction of sp³-hybridized carbons (Fsp3) is 0.533. The Bertz CT molecular complexity index is 416. The Balaban J connectivity index is 1.59. The Hall–Kier alpha value is -0.910. The van der Waals surface area contributed by atoms with E-state index in [0.29, 0.717) is 6.54 Å². The minimum atomic E-state index is 0.00552. The van der Waals surface area contributed by atoms with Gasteiger partial charge in [0, 0.05) is 23.2 Å². The average Bonchev–Trinajstić information content (AvgIpc) is 2.47. The molecule has 1 saturated heterocycles. The highest BCUT2D eigenvalue weighted by Crippen LogP contribution is 2.13. The number of amides is 1. The summed E-state index contributed by atoms with van der Waals surface area (Å²) < 4.78 is 1.01. The van der Waals surface area contributed by atoms with Crippen molar-refractivity contribution in [2.45, 2.75) is 19.3 Å². The molecule has 20 heavy (non-hydrogen) atoms. The van der Waals surface area contributed by atoms with Gasteiger partial charge in [-0.15, -0.1) is 0 Å². The summed E-state index contributed by atoms with van der Waals surface area (Å²) in [5.74, 6) is 0.00552. The molecule has 1 aliphatic rings. The lowest BCUT2D eigenvalue weighted by Crippen LogP contribution is -2.38. The second-order valence-electron chi connectivity index (χ2n) is 5.13. The molecule has 2 rings (SSSR count). The van der Waals surface area contributed by atoms with Gasteiger partial charge in [-0.05, 0) is 50.2 Å². The van der Waals surface area contributed by atoms with Crippen molar-refractivity contribution >= 4 is 27.5 Å². The molecule has 0 unspecified atom stereocenters. The molecule has 0 aliphatic carbocycles. The normalized spacial score (nSPS) is 16.1. The quantitative estimate of drug-likeness (QED) is 0.782. The summed E-state index contributed by atoms with van der Waals surface area (Å²) in [4.78, 5) is 14.2. The molecule has 0 atom stereocenters. The standard InChI is InChI=1S/C15H22BrN3O/c16-13-4-6-14(7-5-13)18-15(20)12-17-8-11-19-9-2-1-3-10-19/h4-7,17H,1-3,8-12H2,(H,18,20). The van der Waals surface area contributed by atoms with Crippen molar-refractivity contribution in [2.24, 2.45) is 0 Å². The van der Waals surface area contributed by atoms with Crippen LogP contribution in [0.1, 0.15) is 19.3 Å². The molecule has 110 valence electrons. The van der Waals surface area contributed by atoms with Gasteiger partial charge in [0.1, 0.15) is 0 Å². The van der Waals surface area contributed by atoms with Crippen LogP contribution in [0.3, 0.4) is 0 Å². The van der Waals surface area contributed by atoms with E-state index in [9.17, 15) is 4.79 Å². The number of carbonyl (C=O) groups excluding carboxylic acids is 1. The predicted molar refractivity (Wildman–Crippen MR) is 85.9 cm³/mol. The Morgan fingerprint density at radius 2 is 1.85 bits per heavy atom. The topological polar surface area (TPSA) is 44.4 Å². The second kappa shape index (κ2) is 8.39. The van der Waals surface area contributed by atoms with E-state index >= 15 is 0 Å². The molecule has 1 aliphatic heterocycles. The molecule has 1 amide bonds. The number of piperidine rings is 1. The van der Waals surface area contributed by atoms with Gasteiger partial charge >= 0.3 is 0 Å². The maximum atomic E-state index is 11.7. The lowest BCUT2D eigenvalue weighted by molar-refractivity contribution is -0.115. The van der Waals surface area contributed by atoms with E-state index in [0.717, 1.165) is 23.2 Å². The number of likely N-dealkylation sites (tertiary alicyclic amines) is 1. The first kappa shape index (κ1) is 15.5. The van der Waals surface area contributed by atoms with Crippen molar-refractivity contribution in [1.82, 2.24) is 10.2 Å². The molecule has 0 bridgehead atoms. The van der Waals surface area contributed by atoms with Gasteiger partial charge in [0.2, 0.25) is 5.91 Å². The van der Waals surface area contributed by atoms with Gasteiger partial charge in [-0.3, -0.25) is 4.79 Å². The Kier molecular flexibility index (Phi) is 6.50. The maximum Gasteiger partial charge on any atom is 0.238 e. The summed E-state index contributed by atoms with van der Waals surface area (Å²) in [6.45, 7) is 4.67. The van der Waals surface area contributed by atoms with Crippen LogP contribution in [-0.4, -0.2) is 43.5 Å². The van der Waals surface area contributed by atoms with Gasteiger partial charge in [-0.2, -0.15) is 0 Å². The van der Waals surface area contributed by atoms with E-state index in [4.69, 9.17) is 0 Å². The predicted octanol–water partition coefficient (Wildman–Crippen LogP) is 2.46. The van der Waals surface area contributed by atoms with Crippen LogP contribution in [0.15, 0.2) is 28.7 Å². The third kappa shape index (κ3) is 5.61. The summed E-state index contributed by atoms with van der Waals surface area (Å²) >= 11 is 3.37. The van der Waals surface area contributed by atoms with Crippen LogP contribution >= 0.6 is 15.9 Å². The molecular formula is C15H22BrN3O. The number of halogens is 1. The van der Waals surface area contributed by atoms with E-state index < -0.39 is 0 Å². The van der Waals surface area contributed by atoms with Gasteiger partial charge in [-0.1, -0.05) is 22.4 Å². The second-order valence-corrected chi connectivity index (χ2v) is 6.05. The molecule has 1 heterocycles. The molecule has 0 radical (unpaired) electrons. The van der Waals surface area contributed by atoms with Crippen LogP contribution in [0.5, 0.6) is 0 Å². The van der Waals surface area contributed by atoms with Crippen LogP contribution in [0, 0.1) is 0 Å². The molecule has 0 spiro atoms. The van der Waals surface area contributed by atoms with Crippen LogP contribution in [0.2, 0.25) is 0 Å². The average molecular weight is 340 g/mol. The van der Waals surface area contributed by atoms with E-state index in [2.05, 4.69) is 31.5 Å². The van der Waals surface area contributed by atoms with Crippen molar-refractivity contribution in [3.05, 3.63) is 28.7 Å². The van der Waals surface area contributed by atoms with Crippen molar-refractivity contribution in [3.63, 3.8) is 0 Å². The number of carbonyl (C=O) groups is 1. The van der Waals surface area contributed by atoms with Gasteiger partial charge in [0.15, 0.2) is 0 Å². The summed E-state index contributed by atoms with van der Waals surface area (Å²) in [5.41, 5.74) is 0.830. The molecule has 1 fully saturated rings. The lowest BCUT2D eigenvalue weighted by Gasteiger charge is -2.26. The number of nitrogens with zero attached hydrogens (tertiary/aromatic N) is 1. The Labute approximate surface area is 129 Å². The summed E-state index contributed by atoms with van der Waals surface area (Å²) in [6.07, 6.45) is 3.98. The number of nitrogens with one attached hydrogen (secondary N) is 2. The van der Waals surface area contributed by atoms with Crippen LogP contribution in [0.4, 0.5) is 5.69 Å². The van der Waals surface area contributed by atoms with Crippen LogP contribution in [-0.2, 0) is 4.79 Å². The first-order valence-corrected chi connectivity index (χ1v) is 8.02. The van der Waals surface area contributed by atoms with E-state index in [1.807, 2.05) is 24.3 Å². The SMILES string of the molecule is O=C(CNCCN1CCCCC1)Nc1ccc(Br)cc1. The zero-order chi connectivity index (χ0) is 14.2. The van der Waals surface area contributed by atoms with Crippen molar-refractivity contribution < 1.29 is 4.79 Å². The molecule has 0 aromatic heterocycles. The zero-order valence-corrected chi connectivity index (χ0v) is 13.3. The van der Waals surface area contributed by atoms with Gasteiger partial charge < -0.3 is 15.5 Å². The monoisotopic (exact) mass is 339 g/mol. The third-order valence-electron chi connectivity index (χ3n) is 3.47. The zero-order valence-electron chi connectivity index (χ0n) is 11.7. The molecule has 1 aromatic rings. The molecular weight excluding hydrogens is 318 g/mol. The number of benzene rings is 1. The third-order valence-corrected chi connectivity index (χ3v) is 4.00. The fourth-order valence-corrected chi connectivity index (χ4v) is 2.62. The summed E-state index contributed by atoms with van der Waals surface area (Å²) in [5, 5.41) is 6.07. The Morgan fingerprint density at radius 1 is 1.15 bits per heavy atom. The van der Waals surface area contributed by atoms with Crippen molar-refractivity contribution in [2.75, 3.05) is 38.0 Å². The van der Waals surface area contributed by atoms with Crippen molar-refractivity contribution in [3.8, 4) is 0 Å². The summed E-state index contributed by atoms with van der Waals surface area (Å²) in [6, 6.07) is 7.60.